The number of hydrogen-bond donors (Lipinski definition) is 1. The second kappa shape index (κ2) is 8.21. The maximum atomic E-state index is 12.7. The first-order chi connectivity index (χ1) is 13.2. The van der Waals surface area contributed by atoms with E-state index in [2.05, 4.69) is 46.6 Å². The minimum absolute atomic E-state index is 0.00233. The van der Waals surface area contributed by atoms with Crippen molar-refractivity contribution in [2.45, 2.75) is 19.6 Å². The summed E-state index contributed by atoms with van der Waals surface area (Å²) in [7, 11) is 0. The Hall–Kier alpha value is -2.21. The lowest BCUT2D eigenvalue weighted by Gasteiger charge is -2.33. The third kappa shape index (κ3) is 4.21. The first kappa shape index (κ1) is 18.2. The Balaban J connectivity index is 1.35. The minimum Gasteiger partial charge on any atom is -0.374 e. The molecule has 27 heavy (non-hydrogen) atoms. The standard InChI is InChI=1S/C22H24N2O2S/c1-16-19-9-5-6-10-20(19)27-21(16)22(25)23-13-18-15-24(11-12-26-18)14-17-7-3-2-4-8-17/h2-10,18H,11-15H2,1H3,(H,23,25). The van der Waals surface area contributed by atoms with Gasteiger partial charge in [-0.3, -0.25) is 9.69 Å². The van der Waals surface area contributed by atoms with Gasteiger partial charge in [0.1, 0.15) is 0 Å². The predicted molar refractivity (Wildman–Crippen MR) is 110 cm³/mol. The average Bonchev–Trinajstić information content (AvgIpc) is 3.04. The highest BCUT2D eigenvalue weighted by Gasteiger charge is 2.22. The van der Waals surface area contributed by atoms with E-state index >= 15 is 0 Å². The second-order valence-electron chi connectivity index (χ2n) is 6.98. The molecule has 1 N–H and O–H groups in total. The van der Waals surface area contributed by atoms with Crippen molar-refractivity contribution in [1.82, 2.24) is 10.2 Å². The van der Waals surface area contributed by atoms with Crippen molar-refractivity contribution in [3.63, 3.8) is 0 Å². The third-order valence-corrected chi connectivity index (χ3v) is 6.28. The number of rotatable bonds is 5. The summed E-state index contributed by atoms with van der Waals surface area (Å²) < 4.78 is 7.02. The molecule has 0 saturated carbocycles. The van der Waals surface area contributed by atoms with Crippen molar-refractivity contribution >= 4 is 27.3 Å². The first-order valence-electron chi connectivity index (χ1n) is 9.35. The maximum Gasteiger partial charge on any atom is 0.261 e. The number of hydrogen-bond acceptors (Lipinski definition) is 4. The number of ether oxygens (including phenoxy) is 1. The summed E-state index contributed by atoms with van der Waals surface area (Å²) in [5.74, 6) is -0.00233. The Labute approximate surface area is 163 Å². The van der Waals surface area contributed by atoms with Crippen LogP contribution in [0.15, 0.2) is 54.6 Å². The van der Waals surface area contributed by atoms with Gasteiger partial charge in [0.15, 0.2) is 0 Å². The third-order valence-electron chi connectivity index (χ3n) is 5.01. The summed E-state index contributed by atoms with van der Waals surface area (Å²) in [6.45, 7) is 5.94. The zero-order valence-corrected chi connectivity index (χ0v) is 16.3. The quantitative estimate of drug-likeness (QED) is 0.731. The fourth-order valence-corrected chi connectivity index (χ4v) is 4.69. The maximum absolute atomic E-state index is 12.7. The lowest BCUT2D eigenvalue weighted by molar-refractivity contribution is -0.0292. The number of fused-ring (bicyclic) bond motifs is 1. The van der Waals surface area contributed by atoms with Crippen LogP contribution in [0.5, 0.6) is 0 Å². The van der Waals surface area contributed by atoms with Crippen molar-refractivity contribution < 1.29 is 9.53 Å². The molecular weight excluding hydrogens is 356 g/mol. The van der Waals surface area contributed by atoms with E-state index in [9.17, 15) is 4.79 Å². The molecule has 2 aromatic carbocycles. The van der Waals surface area contributed by atoms with E-state index in [4.69, 9.17) is 4.74 Å². The van der Waals surface area contributed by atoms with Crippen LogP contribution in [-0.2, 0) is 11.3 Å². The fourth-order valence-electron chi connectivity index (χ4n) is 3.57. The molecule has 1 aliphatic rings. The Kier molecular flexibility index (Phi) is 5.53. The molecule has 2 heterocycles. The molecule has 1 atom stereocenters. The number of nitrogens with one attached hydrogen (secondary N) is 1. The zero-order valence-electron chi connectivity index (χ0n) is 15.5. The highest BCUT2D eigenvalue weighted by molar-refractivity contribution is 7.21. The normalized spacial score (nSPS) is 17.9. The number of carbonyl (C=O) groups excluding carboxylic acids is 1. The Bertz CT molecular complexity index is 922. The van der Waals surface area contributed by atoms with E-state index in [0.717, 1.165) is 40.2 Å². The van der Waals surface area contributed by atoms with Crippen LogP contribution in [0.2, 0.25) is 0 Å². The van der Waals surface area contributed by atoms with Crippen molar-refractivity contribution in [2.24, 2.45) is 0 Å². The topological polar surface area (TPSA) is 41.6 Å². The zero-order chi connectivity index (χ0) is 18.6. The molecule has 5 heteroatoms. The molecule has 0 spiro atoms. The summed E-state index contributed by atoms with van der Waals surface area (Å²) in [6, 6.07) is 18.6. The molecule has 0 bridgehead atoms. The molecule has 3 aromatic rings. The molecule has 1 aliphatic heterocycles. The minimum atomic E-state index is -0.00233. The molecule has 4 rings (SSSR count). The van der Waals surface area contributed by atoms with Crippen LogP contribution in [0, 0.1) is 6.92 Å². The Morgan fingerprint density at radius 1 is 1.19 bits per heavy atom. The van der Waals surface area contributed by atoms with Crippen molar-refractivity contribution in [3.8, 4) is 0 Å². The molecule has 1 unspecified atom stereocenters. The molecule has 1 aromatic heterocycles. The SMILES string of the molecule is Cc1c(C(=O)NCC2CN(Cc3ccccc3)CCO2)sc2ccccc12. The number of carbonyl (C=O) groups is 1. The number of nitrogens with zero attached hydrogens (tertiary/aromatic N) is 1. The molecule has 4 nitrogen and oxygen atoms in total. The molecule has 1 fully saturated rings. The smallest absolute Gasteiger partial charge is 0.261 e. The van der Waals surface area contributed by atoms with Gasteiger partial charge in [-0.25, -0.2) is 0 Å². The number of amides is 1. The van der Waals surface area contributed by atoms with E-state index in [0.29, 0.717) is 13.2 Å². The van der Waals surface area contributed by atoms with Crippen LogP contribution in [0.1, 0.15) is 20.8 Å². The van der Waals surface area contributed by atoms with E-state index in [-0.39, 0.29) is 12.0 Å². The van der Waals surface area contributed by atoms with Gasteiger partial charge in [0.05, 0.1) is 17.6 Å². The number of aryl methyl sites for hydroxylation is 1. The Morgan fingerprint density at radius 3 is 2.78 bits per heavy atom. The van der Waals surface area contributed by atoms with Gasteiger partial charge in [-0.1, -0.05) is 48.5 Å². The second-order valence-corrected chi connectivity index (χ2v) is 8.03. The highest BCUT2D eigenvalue weighted by Crippen LogP contribution is 2.30. The highest BCUT2D eigenvalue weighted by atomic mass is 32.1. The lowest BCUT2D eigenvalue weighted by atomic mass is 10.1. The van der Waals surface area contributed by atoms with Crippen LogP contribution in [0.25, 0.3) is 10.1 Å². The number of benzene rings is 2. The van der Waals surface area contributed by atoms with Gasteiger partial charge in [-0.05, 0) is 29.5 Å². The van der Waals surface area contributed by atoms with E-state index in [1.54, 1.807) is 11.3 Å². The lowest BCUT2D eigenvalue weighted by Crippen LogP contribution is -2.47. The van der Waals surface area contributed by atoms with E-state index in [1.807, 2.05) is 25.1 Å². The largest absolute Gasteiger partial charge is 0.374 e. The summed E-state index contributed by atoms with van der Waals surface area (Å²) >= 11 is 1.56. The van der Waals surface area contributed by atoms with Crippen LogP contribution in [0.4, 0.5) is 0 Å². The summed E-state index contributed by atoms with van der Waals surface area (Å²) in [5, 5.41) is 4.24. The van der Waals surface area contributed by atoms with Gasteiger partial charge < -0.3 is 10.1 Å². The summed E-state index contributed by atoms with van der Waals surface area (Å²) in [4.78, 5) is 15.9. The van der Waals surface area contributed by atoms with Crippen LogP contribution >= 0.6 is 11.3 Å². The summed E-state index contributed by atoms with van der Waals surface area (Å²) in [5.41, 5.74) is 2.37. The van der Waals surface area contributed by atoms with Crippen LogP contribution in [0.3, 0.4) is 0 Å². The number of thiophene rings is 1. The average molecular weight is 381 g/mol. The number of morpholine rings is 1. The monoisotopic (exact) mass is 380 g/mol. The van der Waals surface area contributed by atoms with Gasteiger partial charge in [0, 0.05) is 30.9 Å². The van der Waals surface area contributed by atoms with Crippen LogP contribution in [-0.4, -0.2) is 43.2 Å². The molecule has 1 saturated heterocycles. The molecule has 140 valence electrons. The van der Waals surface area contributed by atoms with Crippen molar-refractivity contribution in [2.75, 3.05) is 26.2 Å². The van der Waals surface area contributed by atoms with Gasteiger partial charge >= 0.3 is 0 Å². The van der Waals surface area contributed by atoms with Gasteiger partial charge in [0.25, 0.3) is 5.91 Å². The molecule has 0 aliphatic carbocycles. The summed E-state index contributed by atoms with van der Waals surface area (Å²) in [6.07, 6.45) is 0.0288. The van der Waals surface area contributed by atoms with E-state index in [1.165, 1.54) is 5.56 Å². The van der Waals surface area contributed by atoms with Crippen molar-refractivity contribution in [3.05, 3.63) is 70.6 Å². The van der Waals surface area contributed by atoms with Crippen molar-refractivity contribution in [1.29, 1.82) is 0 Å². The fraction of sp³-hybridized carbons (Fsp3) is 0.318. The predicted octanol–water partition coefficient (Wildman–Crippen LogP) is 3.84. The Morgan fingerprint density at radius 2 is 1.96 bits per heavy atom. The van der Waals surface area contributed by atoms with Gasteiger partial charge in [0.2, 0.25) is 0 Å². The van der Waals surface area contributed by atoms with Gasteiger partial charge in [-0.2, -0.15) is 0 Å². The molecule has 0 radical (unpaired) electrons. The van der Waals surface area contributed by atoms with Gasteiger partial charge in [-0.15, -0.1) is 11.3 Å². The van der Waals surface area contributed by atoms with Crippen LogP contribution < -0.4 is 5.32 Å². The molecule has 1 amide bonds. The molecular formula is C22H24N2O2S. The first-order valence-corrected chi connectivity index (χ1v) is 10.2. The van der Waals surface area contributed by atoms with E-state index < -0.39 is 0 Å².